The van der Waals surface area contributed by atoms with Crippen molar-refractivity contribution in [2.75, 3.05) is 0 Å². The average molecular weight is 244 g/mol. The minimum atomic E-state index is -0.0943. The fraction of sp³-hybridized carbons (Fsp3) is 0.200. The van der Waals surface area contributed by atoms with Gasteiger partial charge < -0.3 is 15.3 Å². The molecule has 2 rings (SSSR count). The maximum absolute atomic E-state index is 9.42. The van der Waals surface area contributed by atoms with Gasteiger partial charge in [-0.1, -0.05) is 42.5 Å². The first-order chi connectivity index (χ1) is 8.80. The van der Waals surface area contributed by atoms with Gasteiger partial charge in [0.15, 0.2) is 0 Å². The van der Waals surface area contributed by atoms with Crippen LogP contribution in [0.4, 0.5) is 0 Å². The monoisotopic (exact) mass is 244 g/mol. The zero-order chi connectivity index (χ0) is 13.0. The topological polar surface area (TPSA) is 60.7 Å². The van der Waals surface area contributed by atoms with E-state index in [-0.39, 0.29) is 19.8 Å². The predicted molar refractivity (Wildman–Crippen MR) is 69.6 cm³/mol. The summed E-state index contributed by atoms with van der Waals surface area (Å²) in [4.78, 5) is 0. The molecule has 3 N–H and O–H groups in total. The Morgan fingerprint density at radius 2 is 1.33 bits per heavy atom. The lowest BCUT2D eigenvalue weighted by atomic mass is 9.94. The third kappa shape index (κ3) is 2.43. The normalized spacial score (nSPS) is 10.6. The fourth-order valence-electron chi connectivity index (χ4n) is 2.06. The van der Waals surface area contributed by atoms with Crippen LogP contribution in [0, 0.1) is 0 Å². The maximum Gasteiger partial charge on any atom is 0.0687 e. The van der Waals surface area contributed by atoms with Gasteiger partial charge in [0, 0.05) is 0 Å². The highest BCUT2D eigenvalue weighted by molar-refractivity contribution is 5.71. The molecule has 0 unspecified atom stereocenters. The molecule has 0 aliphatic carbocycles. The summed E-state index contributed by atoms with van der Waals surface area (Å²) in [6.07, 6.45) is 0. The first-order valence-corrected chi connectivity index (χ1v) is 5.82. The third-order valence-electron chi connectivity index (χ3n) is 3.00. The van der Waals surface area contributed by atoms with Gasteiger partial charge in [-0.3, -0.25) is 0 Å². The summed E-state index contributed by atoms with van der Waals surface area (Å²) in [6, 6.07) is 13.0. The molecule has 18 heavy (non-hydrogen) atoms. The molecule has 0 saturated heterocycles. The van der Waals surface area contributed by atoms with E-state index in [0.29, 0.717) is 0 Å². The van der Waals surface area contributed by atoms with E-state index in [2.05, 4.69) is 0 Å². The van der Waals surface area contributed by atoms with E-state index in [1.54, 1.807) is 6.07 Å². The minimum Gasteiger partial charge on any atom is -0.392 e. The zero-order valence-electron chi connectivity index (χ0n) is 10.0. The zero-order valence-corrected chi connectivity index (χ0v) is 10.0. The average Bonchev–Trinajstić information content (AvgIpc) is 2.46. The van der Waals surface area contributed by atoms with Crippen molar-refractivity contribution in [3.05, 3.63) is 59.2 Å². The summed E-state index contributed by atoms with van der Waals surface area (Å²) in [7, 11) is 0. The van der Waals surface area contributed by atoms with E-state index < -0.39 is 0 Å². The van der Waals surface area contributed by atoms with Crippen LogP contribution in [0.3, 0.4) is 0 Å². The SMILES string of the molecule is OCc1ccc(-c2ccccc2CO)c(CO)c1. The lowest BCUT2D eigenvalue weighted by molar-refractivity contribution is 0.275. The van der Waals surface area contributed by atoms with E-state index in [1.807, 2.05) is 36.4 Å². The van der Waals surface area contributed by atoms with Crippen LogP contribution in [-0.4, -0.2) is 15.3 Å². The number of hydrogen-bond donors (Lipinski definition) is 3. The maximum atomic E-state index is 9.42. The molecule has 0 amide bonds. The first kappa shape index (κ1) is 12.8. The molecule has 0 atom stereocenters. The molecule has 2 aromatic rings. The summed E-state index contributed by atoms with van der Waals surface area (Å²) in [5.41, 5.74) is 4.14. The van der Waals surface area contributed by atoms with Crippen molar-refractivity contribution in [1.82, 2.24) is 0 Å². The molecule has 0 radical (unpaired) electrons. The van der Waals surface area contributed by atoms with E-state index in [4.69, 9.17) is 5.11 Å². The highest BCUT2D eigenvalue weighted by atomic mass is 16.3. The molecule has 0 aromatic heterocycles. The van der Waals surface area contributed by atoms with Crippen LogP contribution in [0.1, 0.15) is 16.7 Å². The molecule has 0 fully saturated rings. The molecular weight excluding hydrogens is 228 g/mol. The van der Waals surface area contributed by atoms with Gasteiger partial charge in [0.2, 0.25) is 0 Å². The van der Waals surface area contributed by atoms with Crippen LogP contribution in [0.2, 0.25) is 0 Å². The Labute approximate surface area is 106 Å². The Kier molecular flexibility index (Phi) is 4.10. The van der Waals surface area contributed by atoms with E-state index >= 15 is 0 Å². The summed E-state index contributed by atoms with van der Waals surface area (Å²) in [5, 5.41) is 27.9. The highest BCUT2D eigenvalue weighted by Gasteiger charge is 2.09. The second-order valence-corrected chi connectivity index (χ2v) is 4.12. The van der Waals surface area contributed by atoms with Gasteiger partial charge in [-0.05, 0) is 27.8 Å². The van der Waals surface area contributed by atoms with Crippen LogP contribution in [0.25, 0.3) is 11.1 Å². The largest absolute Gasteiger partial charge is 0.392 e. The molecule has 94 valence electrons. The lowest BCUT2D eigenvalue weighted by Crippen LogP contribution is -1.96. The Balaban J connectivity index is 2.56. The molecule has 0 spiro atoms. The summed E-state index contributed by atoms with van der Waals surface area (Å²) in [6.45, 7) is -0.180. The quantitative estimate of drug-likeness (QED) is 0.769. The van der Waals surface area contributed by atoms with E-state index in [1.165, 1.54) is 0 Å². The van der Waals surface area contributed by atoms with Gasteiger partial charge in [0.05, 0.1) is 19.8 Å². The standard InChI is InChI=1S/C15H16O3/c16-8-11-5-6-15(13(7-11)10-18)14-4-2-1-3-12(14)9-17/h1-7,16-18H,8-10H2. The van der Waals surface area contributed by atoms with Crippen molar-refractivity contribution in [3.63, 3.8) is 0 Å². The number of aliphatic hydroxyl groups excluding tert-OH is 3. The number of hydrogen-bond acceptors (Lipinski definition) is 3. The fourth-order valence-corrected chi connectivity index (χ4v) is 2.06. The Morgan fingerprint density at radius 3 is 2.00 bits per heavy atom. The highest BCUT2D eigenvalue weighted by Crippen LogP contribution is 2.28. The van der Waals surface area contributed by atoms with Gasteiger partial charge in [-0.15, -0.1) is 0 Å². The molecule has 3 heteroatoms. The number of rotatable bonds is 4. The van der Waals surface area contributed by atoms with Crippen LogP contribution >= 0.6 is 0 Å². The first-order valence-electron chi connectivity index (χ1n) is 5.82. The van der Waals surface area contributed by atoms with Crippen molar-refractivity contribution < 1.29 is 15.3 Å². The van der Waals surface area contributed by atoms with E-state index in [0.717, 1.165) is 27.8 Å². The lowest BCUT2D eigenvalue weighted by Gasteiger charge is -2.12. The van der Waals surface area contributed by atoms with Gasteiger partial charge in [0.25, 0.3) is 0 Å². The molecule has 0 aliphatic heterocycles. The van der Waals surface area contributed by atoms with Crippen LogP contribution in [0.5, 0.6) is 0 Å². The molecule has 0 bridgehead atoms. The van der Waals surface area contributed by atoms with Gasteiger partial charge >= 0.3 is 0 Å². The van der Waals surface area contributed by atoms with Gasteiger partial charge in [-0.2, -0.15) is 0 Å². The van der Waals surface area contributed by atoms with Crippen molar-refractivity contribution >= 4 is 0 Å². The van der Waals surface area contributed by atoms with Gasteiger partial charge in [-0.25, -0.2) is 0 Å². The molecular formula is C15H16O3. The third-order valence-corrected chi connectivity index (χ3v) is 3.00. The van der Waals surface area contributed by atoms with E-state index in [9.17, 15) is 10.2 Å². The van der Waals surface area contributed by atoms with Crippen molar-refractivity contribution in [2.24, 2.45) is 0 Å². The van der Waals surface area contributed by atoms with Crippen molar-refractivity contribution in [2.45, 2.75) is 19.8 Å². The molecule has 2 aromatic carbocycles. The Morgan fingerprint density at radius 1 is 0.667 bits per heavy atom. The number of aliphatic hydroxyl groups is 3. The molecule has 0 heterocycles. The van der Waals surface area contributed by atoms with Crippen LogP contribution in [0.15, 0.2) is 42.5 Å². The Hall–Kier alpha value is -1.68. The van der Waals surface area contributed by atoms with Crippen LogP contribution < -0.4 is 0 Å². The summed E-state index contributed by atoms with van der Waals surface area (Å²) in [5.74, 6) is 0. The Bertz CT molecular complexity index is 535. The summed E-state index contributed by atoms with van der Waals surface area (Å²) < 4.78 is 0. The predicted octanol–water partition coefficient (Wildman–Crippen LogP) is 1.83. The molecule has 3 nitrogen and oxygen atoms in total. The van der Waals surface area contributed by atoms with Gasteiger partial charge in [0.1, 0.15) is 0 Å². The van der Waals surface area contributed by atoms with Crippen molar-refractivity contribution in [1.29, 1.82) is 0 Å². The van der Waals surface area contributed by atoms with Crippen molar-refractivity contribution in [3.8, 4) is 11.1 Å². The molecule has 0 saturated carbocycles. The summed E-state index contributed by atoms with van der Waals surface area (Å²) >= 11 is 0. The van der Waals surface area contributed by atoms with Crippen LogP contribution in [-0.2, 0) is 19.8 Å². The number of benzene rings is 2. The second kappa shape index (κ2) is 5.78. The molecule has 0 aliphatic rings. The minimum absolute atomic E-state index is 0.0389. The smallest absolute Gasteiger partial charge is 0.0687 e. The second-order valence-electron chi connectivity index (χ2n) is 4.12.